The highest BCUT2D eigenvalue weighted by Gasteiger charge is 2.16. The molecule has 9 nitrogen and oxygen atoms in total. The average molecular weight is 436 g/mol. The third kappa shape index (κ3) is 6.54. The zero-order chi connectivity index (χ0) is 21.6. The Morgan fingerprint density at radius 1 is 1.20 bits per heavy atom. The number of sulfonamides is 1. The molecular formula is C20H29N5O4S. The summed E-state index contributed by atoms with van der Waals surface area (Å²) in [4.78, 5) is 8.61. The fraction of sp³-hybridized carbons (Fsp3) is 0.500. The third-order valence-electron chi connectivity index (χ3n) is 4.90. The number of hydrogen-bond acceptors (Lipinski definition) is 8. The van der Waals surface area contributed by atoms with Gasteiger partial charge in [-0.2, -0.15) is 9.97 Å². The van der Waals surface area contributed by atoms with E-state index in [0.717, 1.165) is 0 Å². The second-order valence-electron chi connectivity index (χ2n) is 7.62. The molecule has 164 valence electrons. The predicted octanol–water partition coefficient (Wildman–Crippen LogP) is 2.42. The summed E-state index contributed by atoms with van der Waals surface area (Å²) in [6.45, 7) is 2.07. The summed E-state index contributed by atoms with van der Waals surface area (Å²) in [6.07, 6.45) is 5.36. The van der Waals surface area contributed by atoms with Crippen LogP contribution in [-0.4, -0.2) is 42.7 Å². The van der Waals surface area contributed by atoms with E-state index in [0.29, 0.717) is 24.1 Å². The van der Waals surface area contributed by atoms with E-state index in [-0.39, 0.29) is 23.2 Å². The molecule has 30 heavy (non-hydrogen) atoms. The minimum absolute atomic E-state index is 0.0525. The largest absolute Gasteiger partial charge is 0.477 e. The molecule has 1 unspecified atom stereocenters. The summed E-state index contributed by atoms with van der Waals surface area (Å²) >= 11 is 0. The molecule has 0 saturated heterocycles. The van der Waals surface area contributed by atoms with Crippen molar-refractivity contribution in [1.29, 1.82) is 0 Å². The molecule has 1 aliphatic rings. The van der Waals surface area contributed by atoms with E-state index in [1.807, 2.05) is 0 Å². The zero-order valence-electron chi connectivity index (χ0n) is 17.0. The van der Waals surface area contributed by atoms with Gasteiger partial charge in [-0.25, -0.2) is 13.1 Å². The van der Waals surface area contributed by atoms with Crippen molar-refractivity contribution < 1.29 is 18.3 Å². The molecule has 0 bridgehead atoms. The van der Waals surface area contributed by atoms with Crippen molar-refractivity contribution in [1.82, 2.24) is 14.7 Å². The number of nitrogen functional groups attached to an aromatic ring is 1. The maximum absolute atomic E-state index is 12.2. The maximum atomic E-state index is 12.2. The van der Waals surface area contributed by atoms with E-state index >= 15 is 0 Å². The Bertz CT molecular complexity index is 929. The summed E-state index contributed by atoms with van der Waals surface area (Å²) in [5.74, 6) is 1.52. The number of nitrogens with one attached hydrogen (secondary N) is 2. The number of aliphatic hydroxyl groups is 1. The molecule has 1 aromatic carbocycles. The minimum atomic E-state index is -3.69. The van der Waals surface area contributed by atoms with Gasteiger partial charge in [-0.3, -0.25) is 0 Å². The number of ether oxygens (including phenoxy) is 1. The number of benzene rings is 1. The molecular weight excluding hydrogens is 406 g/mol. The molecule has 2 aromatic rings. The lowest BCUT2D eigenvalue weighted by molar-refractivity contribution is 0.198. The molecule has 1 fully saturated rings. The Balaban J connectivity index is 1.63. The molecule has 5 N–H and O–H groups in total. The smallest absolute Gasteiger partial charge is 0.240 e. The topological polar surface area (TPSA) is 139 Å². The van der Waals surface area contributed by atoms with Crippen LogP contribution in [0.3, 0.4) is 0 Å². The number of nitrogens with two attached hydrogens (primary N) is 1. The third-order valence-corrected chi connectivity index (χ3v) is 6.34. The Morgan fingerprint density at radius 2 is 1.90 bits per heavy atom. The zero-order valence-corrected chi connectivity index (χ0v) is 17.9. The van der Waals surface area contributed by atoms with Gasteiger partial charge in [0.1, 0.15) is 5.82 Å². The fourth-order valence-corrected chi connectivity index (χ4v) is 4.41. The highest BCUT2D eigenvalue weighted by atomic mass is 32.2. The van der Waals surface area contributed by atoms with Crippen LogP contribution in [0.2, 0.25) is 0 Å². The van der Waals surface area contributed by atoms with Gasteiger partial charge >= 0.3 is 0 Å². The Morgan fingerprint density at radius 3 is 2.57 bits per heavy atom. The first kappa shape index (κ1) is 22.3. The summed E-state index contributed by atoms with van der Waals surface area (Å²) in [5, 5.41) is 12.3. The monoisotopic (exact) mass is 435 g/mol. The molecule has 1 atom stereocenters. The standard InChI is InChI=1S/C20H29N5O4S/c1-14(26)12-22-30(27,28)17-9-7-16(8-10-17)23-20-24-18(21)11-19(25-20)29-13-15-5-3-2-4-6-15/h7-11,14-15,22,26H,2-6,12-13H2,1H3,(H3,21,23,24,25). The number of rotatable bonds is 9. The quantitative estimate of drug-likeness (QED) is 0.471. The molecule has 1 heterocycles. The van der Waals surface area contributed by atoms with Gasteiger partial charge in [-0.05, 0) is 49.9 Å². The Hall–Kier alpha value is -2.43. The van der Waals surface area contributed by atoms with Gasteiger partial charge in [0.25, 0.3) is 0 Å². The molecule has 0 spiro atoms. The molecule has 1 saturated carbocycles. The van der Waals surface area contributed by atoms with Gasteiger partial charge in [0.15, 0.2) is 0 Å². The highest BCUT2D eigenvalue weighted by Crippen LogP contribution is 2.25. The van der Waals surface area contributed by atoms with Crippen LogP contribution in [0.1, 0.15) is 39.0 Å². The van der Waals surface area contributed by atoms with Crippen molar-refractivity contribution in [3.05, 3.63) is 30.3 Å². The van der Waals surface area contributed by atoms with E-state index in [2.05, 4.69) is 20.0 Å². The van der Waals surface area contributed by atoms with Crippen LogP contribution >= 0.6 is 0 Å². The summed E-state index contributed by atoms with van der Waals surface area (Å²) in [7, 11) is -3.69. The lowest BCUT2D eigenvalue weighted by Crippen LogP contribution is -2.30. The number of aliphatic hydroxyl groups excluding tert-OH is 1. The lowest BCUT2D eigenvalue weighted by Gasteiger charge is -2.21. The van der Waals surface area contributed by atoms with Gasteiger partial charge in [-0.15, -0.1) is 0 Å². The second kappa shape index (κ2) is 10.1. The lowest BCUT2D eigenvalue weighted by atomic mass is 9.90. The molecule has 1 aromatic heterocycles. The Labute approximate surface area is 177 Å². The van der Waals surface area contributed by atoms with Crippen LogP contribution in [0.4, 0.5) is 17.5 Å². The second-order valence-corrected chi connectivity index (χ2v) is 9.39. The van der Waals surface area contributed by atoms with E-state index in [4.69, 9.17) is 10.5 Å². The van der Waals surface area contributed by atoms with Crippen LogP contribution in [-0.2, 0) is 10.0 Å². The van der Waals surface area contributed by atoms with Crippen molar-refractivity contribution >= 4 is 27.5 Å². The minimum Gasteiger partial charge on any atom is -0.477 e. The van der Waals surface area contributed by atoms with E-state index in [1.165, 1.54) is 51.2 Å². The van der Waals surface area contributed by atoms with E-state index in [9.17, 15) is 13.5 Å². The van der Waals surface area contributed by atoms with Gasteiger partial charge in [-0.1, -0.05) is 19.3 Å². The first-order chi connectivity index (χ1) is 14.3. The van der Waals surface area contributed by atoms with Gasteiger partial charge in [0.2, 0.25) is 21.9 Å². The fourth-order valence-electron chi connectivity index (χ4n) is 3.29. The average Bonchev–Trinajstić information content (AvgIpc) is 2.72. The van der Waals surface area contributed by atoms with E-state index < -0.39 is 16.1 Å². The first-order valence-electron chi connectivity index (χ1n) is 10.1. The Kier molecular flexibility index (Phi) is 7.46. The predicted molar refractivity (Wildman–Crippen MR) is 115 cm³/mol. The highest BCUT2D eigenvalue weighted by molar-refractivity contribution is 7.89. The summed E-state index contributed by atoms with van der Waals surface area (Å²) < 4.78 is 32.6. The van der Waals surface area contributed by atoms with Gasteiger partial charge < -0.3 is 20.9 Å². The van der Waals surface area contributed by atoms with Crippen LogP contribution in [0.15, 0.2) is 35.2 Å². The van der Waals surface area contributed by atoms with Crippen molar-refractivity contribution in [2.75, 3.05) is 24.2 Å². The van der Waals surface area contributed by atoms with Crippen LogP contribution < -0.4 is 20.5 Å². The number of aromatic nitrogens is 2. The number of nitrogens with zero attached hydrogens (tertiary/aromatic N) is 2. The van der Waals surface area contributed by atoms with Crippen molar-refractivity contribution in [2.24, 2.45) is 5.92 Å². The molecule has 3 rings (SSSR count). The van der Waals surface area contributed by atoms with Crippen LogP contribution in [0, 0.1) is 5.92 Å². The molecule has 1 aliphatic carbocycles. The van der Waals surface area contributed by atoms with Crippen molar-refractivity contribution in [2.45, 2.75) is 50.0 Å². The maximum Gasteiger partial charge on any atom is 0.240 e. The summed E-state index contributed by atoms with van der Waals surface area (Å²) in [5.41, 5.74) is 6.49. The molecule has 0 amide bonds. The summed E-state index contributed by atoms with van der Waals surface area (Å²) in [6, 6.07) is 7.72. The SMILES string of the molecule is CC(O)CNS(=O)(=O)c1ccc(Nc2nc(N)cc(OCC3CCCCC3)n2)cc1. The first-order valence-corrected chi connectivity index (χ1v) is 11.6. The molecule has 0 aliphatic heterocycles. The molecule has 0 radical (unpaired) electrons. The van der Waals surface area contributed by atoms with E-state index in [1.54, 1.807) is 18.2 Å². The number of hydrogen-bond donors (Lipinski definition) is 4. The molecule has 10 heteroatoms. The van der Waals surface area contributed by atoms with Crippen LogP contribution in [0.5, 0.6) is 5.88 Å². The number of anilines is 3. The normalized spacial score (nSPS) is 16.2. The van der Waals surface area contributed by atoms with Gasteiger partial charge in [0.05, 0.1) is 17.6 Å². The van der Waals surface area contributed by atoms with Crippen molar-refractivity contribution in [3.63, 3.8) is 0 Å². The van der Waals surface area contributed by atoms with Gasteiger partial charge in [0, 0.05) is 18.3 Å². The van der Waals surface area contributed by atoms with Crippen LogP contribution in [0.25, 0.3) is 0 Å². The van der Waals surface area contributed by atoms with Crippen molar-refractivity contribution in [3.8, 4) is 5.88 Å².